The molecule has 0 aromatic heterocycles. The molecule has 1 saturated carbocycles. The Kier molecular flexibility index (Phi) is 4.70. The molecule has 1 fully saturated rings. The van der Waals surface area contributed by atoms with Gasteiger partial charge in [-0.1, -0.05) is 30.9 Å². The minimum absolute atomic E-state index is 0.741. The Morgan fingerprint density at radius 2 is 2.08 bits per heavy atom. The summed E-state index contributed by atoms with van der Waals surface area (Å²) in [7, 11) is 0. The normalized spacial score (nSPS) is 21.3. The summed E-state index contributed by atoms with van der Waals surface area (Å²) in [5.74, 6) is 0. The minimum Gasteiger partial charge on any atom is -0.310 e. The van der Waals surface area contributed by atoms with Gasteiger partial charge in [0.1, 0.15) is 0 Å². The molecule has 0 aromatic carbocycles. The molecule has 1 aliphatic rings. The van der Waals surface area contributed by atoms with Crippen LogP contribution in [0.1, 0.15) is 39.0 Å². The summed E-state index contributed by atoms with van der Waals surface area (Å²) in [5, 5.41) is 3.52. The van der Waals surface area contributed by atoms with Crippen LogP contribution in [0.5, 0.6) is 0 Å². The fourth-order valence-corrected chi connectivity index (χ4v) is 1.73. The van der Waals surface area contributed by atoms with Crippen LogP contribution in [0.15, 0.2) is 11.1 Å². The summed E-state index contributed by atoms with van der Waals surface area (Å²) in [6.07, 6.45) is 6.89. The van der Waals surface area contributed by atoms with E-state index in [1.54, 1.807) is 5.54 Å². The van der Waals surface area contributed by atoms with E-state index in [1.807, 2.05) is 0 Å². The number of nitrogens with one attached hydrogen (secondary N) is 1. The van der Waals surface area contributed by atoms with Crippen LogP contribution in [0, 0.1) is 0 Å². The second kappa shape index (κ2) is 5.60. The van der Waals surface area contributed by atoms with E-state index in [-0.39, 0.29) is 0 Å². The van der Waals surface area contributed by atoms with E-state index in [4.69, 9.17) is 11.6 Å². The molecule has 0 radical (unpaired) electrons. The highest BCUT2D eigenvalue weighted by Gasteiger charge is 2.11. The largest absolute Gasteiger partial charge is 0.310 e. The summed E-state index contributed by atoms with van der Waals surface area (Å²) < 4.78 is 0. The highest BCUT2D eigenvalue weighted by Crippen LogP contribution is 2.17. The van der Waals surface area contributed by atoms with Crippen molar-refractivity contribution >= 4 is 11.6 Å². The molecule has 1 N–H and O–H groups in total. The molecule has 0 unspecified atom stereocenters. The highest BCUT2D eigenvalue weighted by atomic mass is 35.5. The van der Waals surface area contributed by atoms with Gasteiger partial charge in [0.2, 0.25) is 0 Å². The van der Waals surface area contributed by atoms with Gasteiger partial charge in [-0.15, -0.1) is 0 Å². The van der Waals surface area contributed by atoms with Crippen LogP contribution in [0.2, 0.25) is 0 Å². The minimum atomic E-state index is 0.741. The third-order valence-electron chi connectivity index (χ3n) is 2.46. The molecular formula is C10H18ClN. The molecule has 0 heterocycles. The van der Waals surface area contributed by atoms with Gasteiger partial charge in [0.05, 0.1) is 0 Å². The fraction of sp³-hybridized carbons (Fsp3) is 0.800. The van der Waals surface area contributed by atoms with Gasteiger partial charge in [0.15, 0.2) is 0 Å². The van der Waals surface area contributed by atoms with Gasteiger partial charge < -0.3 is 5.32 Å². The van der Waals surface area contributed by atoms with Gasteiger partial charge in [0.25, 0.3) is 0 Å². The summed E-state index contributed by atoms with van der Waals surface area (Å²) in [5.41, 5.74) is 2.89. The van der Waals surface area contributed by atoms with E-state index in [2.05, 4.69) is 12.2 Å². The first kappa shape index (κ1) is 10.1. The maximum atomic E-state index is 5.57. The summed E-state index contributed by atoms with van der Waals surface area (Å²) in [4.78, 5) is 0. The van der Waals surface area contributed by atoms with Crippen LogP contribution in [0.25, 0.3) is 0 Å². The molecule has 0 spiro atoms. The zero-order valence-corrected chi connectivity index (χ0v) is 8.53. The average molecular weight is 188 g/mol. The predicted molar refractivity (Wildman–Crippen MR) is 54.5 cm³/mol. The van der Waals surface area contributed by atoms with E-state index in [0.717, 1.165) is 12.6 Å². The second-order valence-electron chi connectivity index (χ2n) is 3.67. The van der Waals surface area contributed by atoms with Gasteiger partial charge in [-0.2, -0.15) is 0 Å². The van der Waals surface area contributed by atoms with Crippen LogP contribution in [0.3, 0.4) is 0 Å². The third kappa shape index (κ3) is 3.59. The molecule has 12 heavy (non-hydrogen) atoms. The Bertz CT molecular complexity index is 148. The van der Waals surface area contributed by atoms with Gasteiger partial charge in [0, 0.05) is 18.1 Å². The molecule has 70 valence electrons. The van der Waals surface area contributed by atoms with Crippen molar-refractivity contribution < 1.29 is 0 Å². The van der Waals surface area contributed by atoms with Crippen LogP contribution in [-0.2, 0) is 0 Å². The lowest BCUT2D eigenvalue weighted by Gasteiger charge is -2.22. The SMILES string of the molecule is C/C(=C\Cl)CNC1CCCCC1. The van der Waals surface area contributed by atoms with Crippen molar-refractivity contribution in [1.29, 1.82) is 0 Å². The van der Waals surface area contributed by atoms with E-state index in [9.17, 15) is 0 Å². The second-order valence-corrected chi connectivity index (χ2v) is 3.89. The Labute approximate surface area is 80.2 Å². The zero-order chi connectivity index (χ0) is 8.81. The first-order valence-corrected chi connectivity index (χ1v) is 5.26. The van der Waals surface area contributed by atoms with E-state index < -0.39 is 0 Å². The maximum absolute atomic E-state index is 5.57. The third-order valence-corrected chi connectivity index (χ3v) is 2.83. The van der Waals surface area contributed by atoms with Crippen molar-refractivity contribution in [2.45, 2.75) is 45.1 Å². The molecule has 0 atom stereocenters. The monoisotopic (exact) mass is 187 g/mol. The van der Waals surface area contributed by atoms with Crippen molar-refractivity contribution in [3.63, 3.8) is 0 Å². The average Bonchev–Trinajstić information content (AvgIpc) is 2.16. The summed E-state index contributed by atoms with van der Waals surface area (Å²) in [6.45, 7) is 3.01. The predicted octanol–water partition coefficient (Wildman–Crippen LogP) is 3.05. The lowest BCUT2D eigenvalue weighted by Crippen LogP contribution is -2.32. The van der Waals surface area contributed by atoms with Crippen molar-refractivity contribution in [3.05, 3.63) is 11.1 Å². The number of hydrogen-bond acceptors (Lipinski definition) is 1. The van der Waals surface area contributed by atoms with Crippen molar-refractivity contribution in [1.82, 2.24) is 5.32 Å². The van der Waals surface area contributed by atoms with Crippen LogP contribution in [-0.4, -0.2) is 12.6 Å². The smallest absolute Gasteiger partial charge is 0.0176 e. The molecule has 0 saturated heterocycles. The fourth-order valence-electron chi connectivity index (χ4n) is 1.65. The van der Waals surface area contributed by atoms with Gasteiger partial charge in [-0.05, 0) is 25.3 Å². The van der Waals surface area contributed by atoms with Crippen molar-refractivity contribution in [3.8, 4) is 0 Å². The number of halogens is 1. The van der Waals surface area contributed by atoms with Crippen molar-refractivity contribution in [2.75, 3.05) is 6.54 Å². The molecule has 0 aromatic rings. The van der Waals surface area contributed by atoms with Crippen LogP contribution in [0.4, 0.5) is 0 Å². The summed E-state index contributed by atoms with van der Waals surface area (Å²) in [6, 6.07) is 0.741. The van der Waals surface area contributed by atoms with E-state index >= 15 is 0 Å². The number of rotatable bonds is 3. The zero-order valence-electron chi connectivity index (χ0n) is 7.78. The standard InChI is InChI=1S/C10H18ClN/c1-9(7-11)8-12-10-5-3-2-4-6-10/h7,10,12H,2-6,8H2,1H3/b9-7+. The quantitative estimate of drug-likeness (QED) is 0.716. The van der Waals surface area contributed by atoms with Crippen LogP contribution < -0.4 is 5.32 Å². The molecule has 1 aliphatic carbocycles. The first-order chi connectivity index (χ1) is 5.83. The topological polar surface area (TPSA) is 12.0 Å². The lowest BCUT2D eigenvalue weighted by molar-refractivity contribution is 0.383. The Morgan fingerprint density at radius 3 is 2.67 bits per heavy atom. The Hall–Kier alpha value is -0.0100. The molecule has 0 aliphatic heterocycles. The highest BCUT2D eigenvalue weighted by molar-refractivity contribution is 6.25. The van der Waals surface area contributed by atoms with Crippen LogP contribution >= 0.6 is 11.6 Å². The maximum Gasteiger partial charge on any atom is 0.0176 e. The van der Waals surface area contributed by atoms with Gasteiger partial charge >= 0.3 is 0 Å². The summed E-state index contributed by atoms with van der Waals surface area (Å²) >= 11 is 5.57. The molecule has 0 bridgehead atoms. The van der Waals surface area contributed by atoms with E-state index in [1.165, 1.54) is 37.7 Å². The molecule has 1 nitrogen and oxygen atoms in total. The number of hydrogen-bond donors (Lipinski definition) is 1. The lowest BCUT2D eigenvalue weighted by atomic mass is 9.95. The van der Waals surface area contributed by atoms with E-state index in [0.29, 0.717) is 0 Å². The molecule has 1 rings (SSSR count). The van der Waals surface area contributed by atoms with Crippen molar-refractivity contribution in [2.24, 2.45) is 0 Å². The van der Waals surface area contributed by atoms with Gasteiger partial charge in [-0.25, -0.2) is 0 Å². The molecule has 0 amide bonds. The Morgan fingerprint density at radius 1 is 1.42 bits per heavy atom. The first-order valence-electron chi connectivity index (χ1n) is 4.82. The Balaban J connectivity index is 2.13. The van der Waals surface area contributed by atoms with Gasteiger partial charge in [-0.3, -0.25) is 0 Å². The molecule has 2 heteroatoms. The molecular weight excluding hydrogens is 170 g/mol.